The van der Waals surface area contributed by atoms with Crippen molar-refractivity contribution in [2.45, 2.75) is 18.9 Å². The molecule has 3 heteroatoms. The van der Waals surface area contributed by atoms with Crippen molar-refractivity contribution in [3.05, 3.63) is 34.3 Å². The minimum atomic E-state index is -0.874. The third-order valence-corrected chi connectivity index (χ3v) is 2.83. The van der Waals surface area contributed by atoms with Crippen LogP contribution in [0.5, 0.6) is 0 Å². The van der Waals surface area contributed by atoms with Gasteiger partial charge < -0.3 is 10.8 Å². The predicted molar refractivity (Wildman–Crippen MR) is 57.4 cm³/mol. The third-order valence-electron chi connectivity index (χ3n) is 2.30. The summed E-state index contributed by atoms with van der Waals surface area (Å²) in [5, 5.41) is 10.1. The van der Waals surface area contributed by atoms with Gasteiger partial charge in [-0.1, -0.05) is 35.0 Å². The molecule has 0 saturated heterocycles. The summed E-state index contributed by atoms with van der Waals surface area (Å²) in [6.45, 7) is 2.18. The lowest BCUT2D eigenvalue weighted by Gasteiger charge is -2.25. The van der Waals surface area contributed by atoms with Crippen molar-refractivity contribution >= 4 is 15.9 Å². The van der Waals surface area contributed by atoms with Crippen molar-refractivity contribution < 1.29 is 5.11 Å². The Morgan fingerprint density at radius 2 is 1.92 bits per heavy atom. The molecule has 0 heterocycles. The van der Waals surface area contributed by atoms with Crippen LogP contribution in [-0.2, 0) is 5.60 Å². The molecule has 0 saturated carbocycles. The monoisotopic (exact) mass is 243 g/mol. The Balaban J connectivity index is 2.99. The molecule has 1 aromatic rings. The molecule has 1 aromatic carbocycles. The summed E-state index contributed by atoms with van der Waals surface area (Å²) >= 11 is 3.34. The number of hydrogen-bond donors (Lipinski definition) is 2. The summed E-state index contributed by atoms with van der Waals surface area (Å²) in [7, 11) is 0. The molecule has 0 amide bonds. The van der Waals surface area contributed by atoms with Crippen molar-refractivity contribution in [3.63, 3.8) is 0 Å². The highest BCUT2D eigenvalue weighted by atomic mass is 79.9. The van der Waals surface area contributed by atoms with Crippen LogP contribution in [0.3, 0.4) is 0 Å². The Morgan fingerprint density at radius 3 is 2.31 bits per heavy atom. The number of hydrogen-bond acceptors (Lipinski definition) is 2. The second-order valence-electron chi connectivity index (χ2n) is 3.10. The van der Waals surface area contributed by atoms with Crippen molar-refractivity contribution in [2.75, 3.05) is 6.54 Å². The number of rotatable bonds is 3. The van der Waals surface area contributed by atoms with E-state index < -0.39 is 5.60 Å². The first-order valence-corrected chi connectivity index (χ1v) is 5.10. The van der Waals surface area contributed by atoms with Gasteiger partial charge in [-0.25, -0.2) is 0 Å². The Kier molecular flexibility index (Phi) is 3.47. The minimum absolute atomic E-state index is 0.255. The molecule has 3 N–H and O–H groups in total. The van der Waals surface area contributed by atoms with Crippen LogP contribution in [-0.4, -0.2) is 11.7 Å². The van der Waals surface area contributed by atoms with Crippen molar-refractivity contribution in [1.29, 1.82) is 0 Å². The molecule has 1 rings (SSSR count). The van der Waals surface area contributed by atoms with Crippen LogP contribution in [0.1, 0.15) is 18.9 Å². The lowest BCUT2D eigenvalue weighted by molar-refractivity contribution is 0.0418. The van der Waals surface area contributed by atoms with Crippen molar-refractivity contribution in [3.8, 4) is 0 Å². The standard InChI is InChI=1S/C10H14BrNO/c1-2-10(13,7-12)8-3-5-9(11)6-4-8/h3-6,13H,2,7,12H2,1H3. The van der Waals surface area contributed by atoms with E-state index >= 15 is 0 Å². The van der Waals surface area contributed by atoms with Crippen LogP contribution in [0.15, 0.2) is 28.7 Å². The quantitative estimate of drug-likeness (QED) is 0.854. The van der Waals surface area contributed by atoms with E-state index in [0.29, 0.717) is 6.42 Å². The van der Waals surface area contributed by atoms with Crippen LogP contribution >= 0.6 is 15.9 Å². The maximum Gasteiger partial charge on any atom is 0.102 e. The molecule has 13 heavy (non-hydrogen) atoms. The zero-order chi connectivity index (χ0) is 9.90. The van der Waals surface area contributed by atoms with E-state index in [-0.39, 0.29) is 6.54 Å². The third kappa shape index (κ3) is 2.30. The van der Waals surface area contributed by atoms with Crippen LogP contribution < -0.4 is 5.73 Å². The molecule has 2 nitrogen and oxygen atoms in total. The van der Waals surface area contributed by atoms with Gasteiger partial charge >= 0.3 is 0 Å². The van der Waals surface area contributed by atoms with Crippen molar-refractivity contribution in [1.82, 2.24) is 0 Å². The normalized spacial score (nSPS) is 15.4. The van der Waals surface area contributed by atoms with Gasteiger partial charge in [0, 0.05) is 11.0 Å². The molecule has 0 fully saturated rings. The number of nitrogens with two attached hydrogens (primary N) is 1. The Bertz CT molecular complexity index is 267. The highest BCUT2D eigenvalue weighted by molar-refractivity contribution is 9.10. The zero-order valence-corrected chi connectivity index (χ0v) is 9.21. The summed E-state index contributed by atoms with van der Waals surface area (Å²) in [5.74, 6) is 0. The SMILES string of the molecule is CCC(O)(CN)c1ccc(Br)cc1. The van der Waals surface area contributed by atoms with Gasteiger partial charge in [-0.15, -0.1) is 0 Å². The molecular weight excluding hydrogens is 230 g/mol. The summed E-state index contributed by atoms with van der Waals surface area (Å²) in [4.78, 5) is 0. The first kappa shape index (κ1) is 10.7. The van der Waals surface area contributed by atoms with E-state index in [9.17, 15) is 5.11 Å². The molecule has 1 unspecified atom stereocenters. The van der Waals surface area contributed by atoms with Gasteiger partial charge in [-0.3, -0.25) is 0 Å². The zero-order valence-electron chi connectivity index (χ0n) is 7.63. The predicted octanol–water partition coefficient (Wildman–Crippen LogP) is 2.01. The van der Waals surface area contributed by atoms with Gasteiger partial charge in [0.05, 0.1) is 0 Å². The molecule has 0 bridgehead atoms. The van der Waals surface area contributed by atoms with E-state index in [4.69, 9.17) is 5.73 Å². The fraction of sp³-hybridized carbons (Fsp3) is 0.400. The Labute approximate surface area is 86.9 Å². The molecule has 0 aromatic heterocycles. The van der Waals surface area contributed by atoms with Gasteiger partial charge in [-0.2, -0.15) is 0 Å². The van der Waals surface area contributed by atoms with E-state index in [0.717, 1.165) is 10.0 Å². The molecule has 0 aliphatic rings. The van der Waals surface area contributed by atoms with E-state index in [2.05, 4.69) is 15.9 Å². The van der Waals surface area contributed by atoms with E-state index in [1.165, 1.54) is 0 Å². The number of halogens is 1. The largest absolute Gasteiger partial charge is 0.384 e. The van der Waals surface area contributed by atoms with Gasteiger partial charge in [0.15, 0.2) is 0 Å². The average Bonchev–Trinajstić information content (AvgIpc) is 2.18. The van der Waals surface area contributed by atoms with Crippen LogP contribution in [0.4, 0.5) is 0 Å². The Hall–Kier alpha value is -0.380. The van der Waals surface area contributed by atoms with Crippen LogP contribution in [0, 0.1) is 0 Å². The molecule has 72 valence electrons. The Morgan fingerprint density at radius 1 is 1.38 bits per heavy atom. The highest BCUT2D eigenvalue weighted by Gasteiger charge is 2.24. The first-order valence-electron chi connectivity index (χ1n) is 4.31. The summed E-state index contributed by atoms with van der Waals surface area (Å²) in [5.41, 5.74) is 5.53. The number of benzene rings is 1. The van der Waals surface area contributed by atoms with Gasteiger partial charge in [-0.05, 0) is 24.1 Å². The highest BCUT2D eigenvalue weighted by Crippen LogP contribution is 2.24. The molecule has 0 aliphatic heterocycles. The second-order valence-corrected chi connectivity index (χ2v) is 4.01. The smallest absolute Gasteiger partial charge is 0.102 e. The molecule has 0 aliphatic carbocycles. The lowest BCUT2D eigenvalue weighted by atomic mass is 9.91. The molecule has 0 radical (unpaired) electrons. The topological polar surface area (TPSA) is 46.2 Å². The fourth-order valence-electron chi connectivity index (χ4n) is 1.23. The minimum Gasteiger partial charge on any atom is -0.384 e. The van der Waals surface area contributed by atoms with Crippen molar-refractivity contribution in [2.24, 2.45) is 5.73 Å². The lowest BCUT2D eigenvalue weighted by Crippen LogP contribution is -2.33. The van der Waals surface area contributed by atoms with E-state index in [1.807, 2.05) is 31.2 Å². The summed E-state index contributed by atoms with van der Waals surface area (Å²) in [6.07, 6.45) is 0.630. The second kappa shape index (κ2) is 4.22. The summed E-state index contributed by atoms with van der Waals surface area (Å²) in [6, 6.07) is 7.60. The first-order chi connectivity index (χ1) is 6.12. The molecule has 1 atom stereocenters. The molecule has 0 spiro atoms. The maximum absolute atomic E-state index is 10.1. The van der Waals surface area contributed by atoms with E-state index in [1.54, 1.807) is 0 Å². The molecular formula is C10H14BrNO. The van der Waals surface area contributed by atoms with Gasteiger partial charge in [0.1, 0.15) is 5.60 Å². The van der Waals surface area contributed by atoms with Crippen LogP contribution in [0.2, 0.25) is 0 Å². The van der Waals surface area contributed by atoms with Gasteiger partial charge in [0.2, 0.25) is 0 Å². The number of aliphatic hydroxyl groups is 1. The summed E-state index contributed by atoms with van der Waals surface area (Å²) < 4.78 is 1.01. The average molecular weight is 244 g/mol. The maximum atomic E-state index is 10.1. The fourth-order valence-corrected chi connectivity index (χ4v) is 1.49. The van der Waals surface area contributed by atoms with Gasteiger partial charge in [0.25, 0.3) is 0 Å². The van der Waals surface area contributed by atoms with Crippen LogP contribution in [0.25, 0.3) is 0 Å².